The zero-order valence-electron chi connectivity index (χ0n) is 11.6. The van der Waals surface area contributed by atoms with Crippen LogP contribution >= 0.6 is 15.9 Å². The standard InChI is InChI=1S/C18H19BrO/c1-14(16-9-11-18(19)12-10-16)17(13-20)8-7-15-5-3-2-4-6-15/h2-6,9-12,20H,7-8,13H2,1H3/b17-14-. The van der Waals surface area contributed by atoms with Crippen LogP contribution in [-0.4, -0.2) is 11.7 Å². The Labute approximate surface area is 129 Å². The van der Waals surface area contributed by atoms with E-state index in [1.165, 1.54) is 16.7 Å². The minimum Gasteiger partial charge on any atom is -0.392 e. The SMILES string of the molecule is C/C(=C(/CO)CCc1ccccc1)c1ccc(Br)cc1. The van der Waals surface area contributed by atoms with Gasteiger partial charge in [-0.1, -0.05) is 58.4 Å². The molecule has 0 amide bonds. The van der Waals surface area contributed by atoms with E-state index in [1.807, 2.05) is 18.2 Å². The van der Waals surface area contributed by atoms with E-state index in [-0.39, 0.29) is 6.61 Å². The van der Waals surface area contributed by atoms with Crippen molar-refractivity contribution in [1.29, 1.82) is 0 Å². The van der Waals surface area contributed by atoms with E-state index in [1.54, 1.807) is 0 Å². The number of hydrogen-bond donors (Lipinski definition) is 1. The molecule has 0 fully saturated rings. The van der Waals surface area contributed by atoms with Gasteiger partial charge < -0.3 is 5.11 Å². The van der Waals surface area contributed by atoms with Gasteiger partial charge in [-0.05, 0) is 54.2 Å². The zero-order valence-corrected chi connectivity index (χ0v) is 13.2. The third-order valence-corrected chi connectivity index (χ3v) is 4.09. The predicted octanol–water partition coefficient (Wildman–Crippen LogP) is 4.85. The Balaban J connectivity index is 2.13. The topological polar surface area (TPSA) is 20.2 Å². The molecule has 0 atom stereocenters. The van der Waals surface area contributed by atoms with E-state index >= 15 is 0 Å². The van der Waals surface area contributed by atoms with Gasteiger partial charge in [-0.25, -0.2) is 0 Å². The Hall–Kier alpha value is -1.38. The summed E-state index contributed by atoms with van der Waals surface area (Å²) >= 11 is 3.44. The summed E-state index contributed by atoms with van der Waals surface area (Å²) in [7, 11) is 0. The van der Waals surface area contributed by atoms with Crippen molar-refractivity contribution in [2.75, 3.05) is 6.61 Å². The monoisotopic (exact) mass is 330 g/mol. The van der Waals surface area contributed by atoms with Crippen molar-refractivity contribution >= 4 is 21.5 Å². The number of aliphatic hydroxyl groups is 1. The minimum absolute atomic E-state index is 0.120. The Morgan fingerprint density at radius 2 is 1.65 bits per heavy atom. The lowest BCUT2D eigenvalue weighted by molar-refractivity contribution is 0.327. The maximum absolute atomic E-state index is 9.62. The van der Waals surface area contributed by atoms with Crippen molar-refractivity contribution in [3.63, 3.8) is 0 Å². The molecule has 104 valence electrons. The van der Waals surface area contributed by atoms with E-state index in [0.29, 0.717) is 0 Å². The molecule has 2 rings (SSSR count). The maximum atomic E-state index is 9.62. The third kappa shape index (κ3) is 4.06. The predicted molar refractivity (Wildman–Crippen MR) is 88.6 cm³/mol. The molecule has 0 unspecified atom stereocenters. The minimum atomic E-state index is 0.120. The van der Waals surface area contributed by atoms with Crippen LogP contribution in [0.15, 0.2) is 64.6 Å². The molecular weight excluding hydrogens is 312 g/mol. The largest absolute Gasteiger partial charge is 0.392 e. The van der Waals surface area contributed by atoms with Gasteiger partial charge in [-0.3, -0.25) is 0 Å². The number of halogens is 1. The molecule has 0 saturated heterocycles. The zero-order chi connectivity index (χ0) is 14.4. The Kier molecular flexibility index (Phi) is 5.57. The van der Waals surface area contributed by atoms with Crippen molar-refractivity contribution in [3.05, 3.63) is 75.8 Å². The van der Waals surface area contributed by atoms with E-state index in [4.69, 9.17) is 0 Å². The van der Waals surface area contributed by atoms with Crippen molar-refractivity contribution in [2.45, 2.75) is 19.8 Å². The molecule has 0 heterocycles. The smallest absolute Gasteiger partial charge is 0.0647 e. The van der Waals surface area contributed by atoms with Gasteiger partial charge >= 0.3 is 0 Å². The summed E-state index contributed by atoms with van der Waals surface area (Å²) in [6.45, 7) is 2.20. The molecule has 0 aliphatic carbocycles. The van der Waals surface area contributed by atoms with Crippen LogP contribution in [0.1, 0.15) is 24.5 Å². The van der Waals surface area contributed by atoms with E-state index in [2.05, 4.69) is 59.3 Å². The van der Waals surface area contributed by atoms with Crippen LogP contribution in [0.25, 0.3) is 5.57 Å². The molecule has 2 aromatic carbocycles. The number of aliphatic hydroxyl groups excluding tert-OH is 1. The second-order valence-electron chi connectivity index (χ2n) is 4.88. The second-order valence-corrected chi connectivity index (χ2v) is 5.79. The summed E-state index contributed by atoms with van der Waals surface area (Å²) in [4.78, 5) is 0. The number of rotatable bonds is 5. The van der Waals surface area contributed by atoms with Gasteiger partial charge in [0.15, 0.2) is 0 Å². The van der Waals surface area contributed by atoms with Crippen molar-refractivity contribution in [2.24, 2.45) is 0 Å². The van der Waals surface area contributed by atoms with Gasteiger partial charge in [0.25, 0.3) is 0 Å². The van der Waals surface area contributed by atoms with Crippen LogP contribution in [-0.2, 0) is 6.42 Å². The van der Waals surface area contributed by atoms with E-state index in [9.17, 15) is 5.11 Å². The fraction of sp³-hybridized carbons (Fsp3) is 0.222. The molecule has 0 bridgehead atoms. The summed E-state index contributed by atoms with van der Waals surface area (Å²) in [6.07, 6.45) is 1.85. The average molecular weight is 331 g/mol. The average Bonchev–Trinajstić information content (AvgIpc) is 2.49. The lowest BCUT2D eigenvalue weighted by atomic mass is 9.97. The summed E-state index contributed by atoms with van der Waals surface area (Å²) in [5.74, 6) is 0. The second kappa shape index (κ2) is 7.41. The molecule has 0 radical (unpaired) electrons. The van der Waals surface area contributed by atoms with Gasteiger partial charge in [0, 0.05) is 4.47 Å². The molecular formula is C18H19BrO. The van der Waals surface area contributed by atoms with Crippen LogP contribution in [0.2, 0.25) is 0 Å². The molecule has 0 spiro atoms. The highest BCUT2D eigenvalue weighted by Gasteiger charge is 2.05. The molecule has 0 aliphatic rings. The number of aryl methyl sites for hydroxylation is 1. The summed E-state index contributed by atoms with van der Waals surface area (Å²) in [6, 6.07) is 18.6. The fourth-order valence-corrected chi connectivity index (χ4v) is 2.49. The highest BCUT2D eigenvalue weighted by Crippen LogP contribution is 2.23. The van der Waals surface area contributed by atoms with Gasteiger partial charge in [-0.15, -0.1) is 0 Å². The first-order chi connectivity index (χ1) is 9.70. The van der Waals surface area contributed by atoms with Crippen LogP contribution in [0, 0.1) is 0 Å². The van der Waals surface area contributed by atoms with E-state index in [0.717, 1.165) is 22.9 Å². The third-order valence-electron chi connectivity index (χ3n) is 3.56. The molecule has 1 nitrogen and oxygen atoms in total. The molecule has 2 heteroatoms. The molecule has 2 aromatic rings. The van der Waals surface area contributed by atoms with Crippen molar-refractivity contribution < 1.29 is 5.11 Å². The Bertz CT molecular complexity index is 570. The molecule has 0 aromatic heterocycles. The number of allylic oxidation sites excluding steroid dienone is 1. The normalized spacial score (nSPS) is 12.2. The number of hydrogen-bond acceptors (Lipinski definition) is 1. The van der Waals surface area contributed by atoms with E-state index < -0.39 is 0 Å². The summed E-state index contributed by atoms with van der Waals surface area (Å²) < 4.78 is 1.07. The van der Waals surface area contributed by atoms with Crippen LogP contribution < -0.4 is 0 Å². The molecule has 0 saturated carbocycles. The van der Waals surface area contributed by atoms with Gasteiger partial charge in [0.1, 0.15) is 0 Å². The quantitative estimate of drug-likeness (QED) is 0.830. The lowest BCUT2D eigenvalue weighted by Crippen LogP contribution is -1.98. The van der Waals surface area contributed by atoms with Crippen LogP contribution in [0.5, 0.6) is 0 Å². The highest BCUT2D eigenvalue weighted by atomic mass is 79.9. The first kappa shape index (κ1) is 15.0. The lowest BCUT2D eigenvalue weighted by Gasteiger charge is -2.11. The first-order valence-electron chi connectivity index (χ1n) is 6.80. The molecule has 0 aliphatic heterocycles. The summed E-state index contributed by atoms with van der Waals surface area (Å²) in [5.41, 5.74) is 4.76. The van der Waals surface area contributed by atoms with Crippen molar-refractivity contribution in [1.82, 2.24) is 0 Å². The number of benzene rings is 2. The van der Waals surface area contributed by atoms with Gasteiger partial charge in [-0.2, -0.15) is 0 Å². The molecule has 1 N–H and O–H groups in total. The Morgan fingerprint density at radius 3 is 2.25 bits per heavy atom. The Morgan fingerprint density at radius 1 is 1.00 bits per heavy atom. The van der Waals surface area contributed by atoms with Gasteiger partial charge in [0.05, 0.1) is 6.61 Å². The van der Waals surface area contributed by atoms with Gasteiger partial charge in [0.2, 0.25) is 0 Å². The summed E-state index contributed by atoms with van der Waals surface area (Å²) in [5, 5.41) is 9.62. The van der Waals surface area contributed by atoms with Crippen molar-refractivity contribution in [3.8, 4) is 0 Å². The first-order valence-corrected chi connectivity index (χ1v) is 7.59. The fourth-order valence-electron chi connectivity index (χ4n) is 2.23. The van der Waals surface area contributed by atoms with Crippen LogP contribution in [0.3, 0.4) is 0 Å². The van der Waals surface area contributed by atoms with Crippen LogP contribution in [0.4, 0.5) is 0 Å². The maximum Gasteiger partial charge on any atom is 0.0647 e. The molecule has 20 heavy (non-hydrogen) atoms. The highest BCUT2D eigenvalue weighted by molar-refractivity contribution is 9.10.